The lowest BCUT2D eigenvalue weighted by atomic mass is 10.0. The van der Waals surface area contributed by atoms with Gasteiger partial charge in [0.2, 0.25) is 5.91 Å². The summed E-state index contributed by atoms with van der Waals surface area (Å²) in [5, 5.41) is 5.60. The van der Waals surface area contributed by atoms with Gasteiger partial charge in [0.1, 0.15) is 0 Å². The highest BCUT2D eigenvalue weighted by Gasteiger charge is 2.10. The maximum Gasteiger partial charge on any atom is 0.255 e. The molecule has 1 heterocycles. The van der Waals surface area contributed by atoms with Crippen molar-refractivity contribution in [2.24, 2.45) is 5.73 Å². The molecule has 1 atom stereocenters. The highest BCUT2D eigenvalue weighted by molar-refractivity contribution is 6.04. The summed E-state index contributed by atoms with van der Waals surface area (Å²) in [5.41, 5.74) is 8.16. The van der Waals surface area contributed by atoms with Crippen molar-refractivity contribution in [3.8, 4) is 0 Å². The van der Waals surface area contributed by atoms with Crippen LogP contribution in [0.1, 0.15) is 41.7 Å². The quantitative estimate of drug-likeness (QED) is 0.727. The van der Waals surface area contributed by atoms with Crippen molar-refractivity contribution in [3.63, 3.8) is 0 Å². The molecule has 0 aliphatic carbocycles. The average Bonchev–Trinajstić information content (AvgIpc) is 2.61. The number of anilines is 1. The monoisotopic (exact) mass is 326 g/mol. The first-order valence-electron chi connectivity index (χ1n) is 7.93. The molecule has 24 heavy (non-hydrogen) atoms. The summed E-state index contributed by atoms with van der Waals surface area (Å²) in [4.78, 5) is 27.5. The van der Waals surface area contributed by atoms with Gasteiger partial charge in [-0.05, 0) is 36.2 Å². The SMILES string of the molecule is CCCC(=O)NCC(N)c1ccc(C(=O)Nc2ccncc2)cc1. The molecule has 0 saturated heterocycles. The van der Waals surface area contributed by atoms with Crippen molar-refractivity contribution in [2.75, 3.05) is 11.9 Å². The summed E-state index contributed by atoms with van der Waals surface area (Å²) in [5.74, 6) is -0.195. The third kappa shape index (κ3) is 5.17. The molecular formula is C18H22N4O2. The van der Waals surface area contributed by atoms with E-state index in [0.717, 1.165) is 12.0 Å². The average molecular weight is 326 g/mol. The molecule has 0 spiro atoms. The van der Waals surface area contributed by atoms with Crippen molar-refractivity contribution in [1.29, 1.82) is 0 Å². The van der Waals surface area contributed by atoms with Crippen LogP contribution in [-0.2, 0) is 4.79 Å². The number of hydrogen-bond acceptors (Lipinski definition) is 4. The number of amides is 2. The molecule has 0 aliphatic rings. The van der Waals surface area contributed by atoms with Gasteiger partial charge in [0, 0.05) is 42.7 Å². The smallest absolute Gasteiger partial charge is 0.255 e. The molecule has 2 amide bonds. The van der Waals surface area contributed by atoms with E-state index in [4.69, 9.17) is 5.73 Å². The molecule has 1 unspecified atom stereocenters. The van der Waals surface area contributed by atoms with Gasteiger partial charge in [-0.1, -0.05) is 19.1 Å². The van der Waals surface area contributed by atoms with Crippen molar-refractivity contribution >= 4 is 17.5 Å². The normalized spacial score (nSPS) is 11.6. The molecule has 126 valence electrons. The van der Waals surface area contributed by atoms with E-state index in [1.165, 1.54) is 0 Å². The molecule has 0 aliphatic heterocycles. The molecule has 0 fully saturated rings. The standard InChI is InChI=1S/C18H22N4O2/c1-2-3-17(23)21-12-16(19)13-4-6-14(7-5-13)18(24)22-15-8-10-20-11-9-15/h4-11,16H,2-3,12,19H2,1H3,(H,21,23)(H,20,22,24). The lowest BCUT2D eigenvalue weighted by Gasteiger charge is -2.13. The van der Waals surface area contributed by atoms with Crippen LogP contribution in [0.25, 0.3) is 0 Å². The molecule has 4 N–H and O–H groups in total. The largest absolute Gasteiger partial charge is 0.354 e. The van der Waals surface area contributed by atoms with E-state index in [1.807, 2.05) is 6.92 Å². The lowest BCUT2D eigenvalue weighted by Crippen LogP contribution is -2.31. The minimum Gasteiger partial charge on any atom is -0.354 e. The van der Waals surface area contributed by atoms with E-state index in [-0.39, 0.29) is 17.9 Å². The van der Waals surface area contributed by atoms with Crippen LogP contribution in [0.4, 0.5) is 5.69 Å². The van der Waals surface area contributed by atoms with Crippen LogP contribution in [-0.4, -0.2) is 23.3 Å². The predicted molar refractivity (Wildman–Crippen MR) is 93.5 cm³/mol. The van der Waals surface area contributed by atoms with Gasteiger partial charge >= 0.3 is 0 Å². The van der Waals surface area contributed by atoms with Crippen LogP contribution in [0.15, 0.2) is 48.8 Å². The van der Waals surface area contributed by atoms with Gasteiger partial charge in [-0.3, -0.25) is 14.6 Å². The third-order valence-corrected chi connectivity index (χ3v) is 3.54. The first-order valence-corrected chi connectivity index (χ1v) is 7.93. The number of rotatable bonds is 7. The topological polar surface area (TPSA) is 97.1 Å². The Morgan fingerprint density at radius 3 is 2.42 bits per heavy atom. The molecule has 2 rings (SSSR count). The summed E-state index contributed by atoms with van der Waals surface area (Å²) in [7, 11) is 0. The van der Waals surface area contributed by atoms with Gasteiger partial charge in [0.05, 0.1) is 0 Å². The van der Waals surface area contributed by atoms with Crippen molar-refractivity contribution in [3.05, 3.63) is 59.9 Å². The number of carbonyl (C=O) groups is 2. The van der Waals surface area contributed by atoms with Gasteiger partial charge < -0.3 is 16.4 Å². The summed E-state index contributed by atoms with van der Waals surface area (Å²) in [6.45, 7) is 2.33. The highest BCUT2D eigenvalue weighted by Crippen LogP contribution is 2.13. The maximum atomic E-state index is 12.2. The zero-order chi connectivity index (χ0) is 17.4. The molecule has 6 nitrogen and oxygen atoms in total. The number of pyridine rings is 1. The van der Waals surface area contributed by atoms with Crippen LogP contribution in [0.2, 0.25) is 0 Å². The molecule has 0 saturated carbocycles. The number of aromatic nitrogens is 1. The zero-order valence-electron chi connectivity index (χ0n) is 13.7. The molecule has 6 heteroatoms. The molecule has 0 radical (unpaired) electrons. The van der Waals surface area contributed by atoms with E-state index in [2.05, 4.69) is 15.6 Å². The van der Waals surface area contributed by atoms with E-state index < -0.39 is 0 Å². The van der Waals surface area contributed by atoms with E-state index in [0.29, 0.717) is 24.2 Å². The molecule has 1 aromatic carbocycles. The Labute approximate surface area is 141 Å². The number of benzene rings is 1. The summed E-state index contributed by atoms with van der Waals surface area (Å²) in [6, 6.07) is 10.2. The molecular weight excluding hydrogens is 304 g/mol. The number of nitrogens with zero attached hydrogens (tertiary/aromatic N) is 1. The van der Waals surface area contributed by atoms with E-state index in [1.54, 1.807) is 48.8 Å². The highest BCUT2D eigenvalue weighted by atomic mass is 16.2. The summed E-state index contributed by atoms with van der Waals surface area (Å²) in [6.07, 6.45) is 4.54. The second-order valence-electron chi connectivity index (χ2n) is 5.47. The fourth-order valence-corrected chi connectivity index (χ4v) is 2.18. The van der Waals surface area contributed by atoms with Gasteiger partial charge in [-0.2, -0.15) is 0 Å². The predicted octanol–water partition coefficient (Wildman–Crippen LogP) is 2.25. The fraction of sp³-hybridized carbons (Fsp3) is 0.278. The second-order valence-corrected chi connectivity index (χ2v) is 5.47. The Bertz CT molecular complexity index is 671. The maximum absolute atomic E-state index is 12.2. The molecule has 2 aromatic rings. The van der Waals surface area contributed by atoms with Crippen LogP contribution in [0, 0.1) is 0 Å². The van der Waals surface area contributed by atoms with Crippen molar-refractivity contribution < 1.29 is 9.59 Å². The van der Waals surface area contributed by atoms with Crippen LogP contribution >= 0.6 is 0 Å². The zero-order valence-corrected chi connectivity index (χ0v) is 13.7. The van der Waals surface area contributed by atoms with Crippen molar-refractivity contribution in [2.45, 2.75) is 25.8 Å². The van der Waals surface area contributed by atoms with Gasteiger partial charge in [-0.25, -0.2) is 0 Å². The van der Waals surface area contributed by atoms with E-state index in [9.17, 15) is 9.59 Å². The van der Waals surface area contributed by atoms with Crippen LogP contribution < -0.4 is 16.4 Å². The fourth-order valence-electron chi connectivity index (χ4n) is 2.18. The minimum absolute atomic E-state index is 0.00120. The number of hydrogen-bond donors (Lipinski definition) is 3. The first kappa shape index (κ1) is 17.6. The first-order chi connectivity index (χ1) is 11.6. The Morgan fingerprint density at radius 2 is 1.79 bits per heavy atom. The molecule has 0 bridgehead atoms. The Morgan fingerprint density at radius 1 is 1.12 bits per heavy atom. The summed E-state index contributed by atoms with van der Waals surface area (Å²) >= 11 is 0. The Balaban J connectivity index is 1.92. The minimum atomic E-state index is -0.303. The van der Waals surface area contributed by atoms with Crippen LogP contribution in [0.3, 0.4) is 0 Å². The summed E-state index contributed by atoms with van der Waals surface area (Å²) < 4.78 is 0. The van der Waals surface area contributed by atoms with Gasteiger partial charge in [0.25, 0.3) is 5.91 Å². The Kier molecular flexibility index (Phi) is 6.45. The second kappa shape index (κ2) is 8.79. The third-order valence-electron chi connectivity index (χ3n) is 3.54. The van der Waals surface area contributed by atoms with Crippen molar-refractivity contribution in [1.82, 2.24) is 10.3 Å². The Hall–Kier alpha value is -2.73. The molecule has 1 aromatic heterocycles. The number of carbonyl (C=O) groups excluding carboxylic acids is 2. The lowest BCUT2D eigenvalue weighted by molar-refractivity contribution is -0.121. The van der Waals surface area contributed by atoms with Gasteiger partial charge in [-0.15, -0.1) is 0 Å². The van der Waals surface area contributed by atoms with E-state index >= 15 is 0 Å². The van der Waals surface area contributed by atoms with Crippen LogP contribution in [0.5, 0.6) is 0 Å². The number of nitrogens with one attached hydrogen (secondary N) is 2. The number of nitrogens with two attached hydrogens (primary N) is 1. The van der Waals surface area contributed by atoms with Gasteiger partial charge in [0.15, 0.2) is 0 Å².